The summed E-state index contributed by atoms with van der Waals surface area (Å²) in [5.74, 6) is -0.152. The minimum Gasteiger partial charge on any atom is -0.330 e. The summed E-state index contributed by atoms with van der Waals surface area (Å²) in [4.78, 5) is 0. The van der Waals surface area contributed by atoms with Gasteiger partial charge < -0.3 is 11.5 Å². The number of halogens is 1. The average Bonchev–Trinajstić information content (AvgIpc) is 2.98. The molecule has 18 heavy (non-hydrogen) atoms. The van der Waals surface area contributed by atoms with Crippen molar-refractivity contribution in [2.24, 2.45) is 16.9 Å². The van der Waals surface area contributed by atoms with Gasteiger partial charge in [0.15, 0.2) is 9.84 Å². The summed E-state index contributed by atoms with van der Waals surface area (Å²) in [5.41, 5.74) is 11.9. The van der Waals surface area contributed by atoms with Gasteiger partial charge in [-0.2, -0.15) is 0 Å². The number of sulfone groups is 1. The molecule has 0 heterocycles. The molecule has 0 bridgehead atoms. The first-order valence-electron chi connectivity index (χ1n) is 5.71. The van der Waals surface area contributed by atoms with Crippen LogP contribution >= 0.6 is 11.6 Å². The van der Waals surface area contributed by atoms with Crippen LogP contribution in [0.25, 0.3) is 0 Å². The van der Waals surface area contributed by atoms with E-state index in [0.29, 0.717) is 5.02 Å². The lowest BCUT2D eigenvalue weighted by Crippen LogP contribution is -2.31. The molecule has 0 radical (unpaired) electrons. The van der Waals surface area contributed by atoms with E-state index < -0.39 is 20.5 Å². The Hall–Kier alpha value is -0.620. The Labute approximate surface area is 112 Å². The molecule has 2 atom stereocenters. The molecule has 1 fully saturated rings. The Morgan fingerprint density at radius 3 is 2.33 bits per heavy atom. The lowest BCUT2D eigenvalue weighted by molar-refractivity contribution is 0.511. The molecule has 1 aliphatic rings. The van der Waals surface area contributed by atoms with Gasteiger partial charge in [-0.3, -0.25) is 0 Å². The van der Waals surface area contributed by atoms with E-state index in [4.69, 9.17) is 23.1 Å². The molecule has 0 saturated heterocycles. The lowest BCUT2D eigenvalue weighted by atomic mass is 9.99. The van der Waals surface area contributed by atoms with E-state index >= 15 is 0 Å². The highest BCUT2D eigenvalue weighted by atomic mass is 35.5. The van der Waals surface area contributed by atoms with Crippen LogP contribution in [0.2, 0.25) is 5.02 Å². The van der Waals surface area contributed by atoms with Gasteiger partial charge in [0.05, 0.1) is 5.25 Å². The van der Waals surface area contributed by atoms with Crippen LogP contribution in [0.1, 0.15) is 11.5 Å². The largest absolute Gasteiger partial charge is 0.330 e. The molecule has 2 rings (SSSR count). The second-order valence-corrected chi connectivity index (χ2v) is 7.53. The van der Waals surface area contributed by atoms with Crippen molar-refractivity contribution in [3.8, 4) is 0 Å². The van der Waals surface area contributed by atoms with Gasteiger partial charge >= 0.3 is 0 Å². The zero-order valence-corrected chi connectivity index (χ0v) is 11.7. The van der Waals surface area contributed by atoms with Crippen LogP contribution in [-0.4, -0.2) is 33.0 Å². The Balaban J connectivity index is 2.45. The highest BCUT2D eigenvalue weighted by Gasteiger charge is 2.68. The predicted molar refractivity (Wildman–Crippen MR) is 73.4 cm³/mol. The molecule has 1 aliphatic carbocycles. The van der Waals surface area contributed by atoms with Crippen molar-refractivity contribution >= 4 is 21.4 Å². The maximum absolute atomic E-state index is 11.9. The smallest absolute Gasteiger partial charge is 0.151 e. The van der Waals surface area contributed by atoms with E-state index in [1.165, 1.54) is 6.26 Å². The van der Waals surface area contributed by atoms with E-state index in [0.717, 1.165) is 5.56 Å². The van der Waals surface area contributed by atoms with Gasteiger partial charge in [-0.05, 0) is 17.7 Å². The molecule has 0 amide bonds. The lowest BCUT2D eigenvalue weighted by Gasteiger charge is -2.12. The van der Waals surface area contributed by atoms with Crippen molar-refractivity contribution in [1.82, 2.24) is 0 Å². The summed E-state index contributed by atoms with van der Waals surface area (Å²) in [6.45, 7) is 0.525. The van der Waals surface area contributed by atoms with Gasteiger partial charge in [0.2, 0.25) is 0 Å². The Bertz CT molecular complexity index is 555. The first-order valence-corrected chi connectivity index (χ1v) is 8.04. The van der Waals surface area contributed by atoms with Crippen molar-refractivity contribution in [1.29, 1.82) is 0 Å². The molecule has 4 N–H and O–H groups in total. The average molecular weight is 289 g/mol. The zero-order chi connectivity index (χ0) is 13.6. The monoisotopic (exact) mass is 288 g/mol. The fourth-order valence-corrected chi connectivity index (χ4v) is 5.14. The van der Waals surface area contributed by atoms with Gasteiger partial charge in [0.1, 0.15) is 0 Å². The molecule has 0 aliphatic heterocycles. The molecule has 1 saturated carbocycles. The summed E-state index contributed by atoms with van der Waals surface area (Å²) >= 11 is 5.95. The molecule has 0 spiro atoms. The minimum atomic E-state index is -3.17. The van der Waals surface area contributed by atoms with Crippen LogP contribution in [0.5, 0.6) is 0 Å². The van der Waals surface area contributed by atoms with E-state index in [9.17, 15) is 8.42 Å². The van der Waals surface area contributed by atoms with Crippen LogP contribution in [0.4, 0.5) is 0 Å². The van der Waals surface area contributed by atoms with Crippen LogP contribution < -0.4 is 11.5 Å². The maximum Gasteiger partial charge on any atom is 0.151 e. The Kier molecular flexibility index (Phi) is 3.44. The van der Waals surface area contributed by atoms with Gasteiger partial charge in [0, 0.05) is 35.7 Å². The van der Waals surface area contributed by atoms with Gasteiger partial charge in [-0.15, -0.1) is 0 Å². The third kappa shape index (κ3) is 2.05. The van der Waals surface area contributed by atoms with E-state index in [1.807, 2.05) is 12.1 Å². The van der Waals surface area contributed by atoms with E-state index in [2.05, 4.69) is 0 Å². The fourth-order valence-electron chi connectivity index (χ4n) is 2.90. The molecular formula is C12H17ClN2O2S. The van der Waals surface area contributed by atoms with Crippen LogP contribution in [0, 0.1) is 5.41 Å². The third-order valence-electron chi connectivity index (χ3n) is 3.81. The quantitative estimate of drug-likeness (QED) is 0.856. The van der Waals surface area contributed by atoms with Crippen LogP contribution in [0.15, 0.2) is 24.3 Å². The Morgan fingerprint density at radius 1 is 1.33 bits per heavy atom. The first kappa shape index (κ1) is 13.8. The summed E-state index contributed by atoms with van der Waals surface area (Å²) in [6.07, 6.45) is 1.24. The standard InChI is InChI=1S/C12H17ClN2O2S/c1-18(16,17)11-10(12(11,6-14)7-15)8-3-2-4-9(13)5-8/h2-5,10-11H,6-7,14-15H2,1H3/t10-,11+/m0/s1. The van der Waals surface area contributed by atoms with E-state index in [1.54, 1.807) is 12.1 Å². The highest BCUT2D eigenvalue weighted by molar-refractivity contribution is 7.91. The van der Waals surface area contributed by atoms with Crippen molar-refractivity contribution in [2.45, 2.75) is 11.2 Å². The zero-order valence-electron chi connectivity index (χ0n) is 10.1. The Morgan fingerprint density at radius 2 is 1.94 bits per heavy atom. The van der Waals surface area contributed by atoms with Gasteiger partial charge in [-0.25, -0.2) is 8.42 Å². The van der Waals surface area contributed by atoms with Crippen LogP contribution in [0.3, 0.4) is 0 Å². The summed E-state index contributed by atoms with van der Waals surface area (Å²) < 4.78 is 23.7. The second-order valence-electron chi connectivity index (χ2n) is 4.92. The van der Waals surface area contributed by atoms with Crippen LogP contribution in [-0.2, 0) is 9.84 Å². The highest BCUT2D eigenvalue weighted by Crippen LogP contribution is 2.61. The number of nitrogens with two attached hydrogens (primary N) is 2. The molecule has 100 valence electrons. The topological polar surface area (TPSA) is 86.2 Å². The summed E-state index contributed by atoms with van der Waals surface area (Å²) in [6, 6.07) is 7.24. The normalized spacial score (nSPS) is 26.0. The molecule has 0 unspecified atom stereocenters. The first-order chi connectivity index (χ1) is 8.36. The molecular weight excluding hydrogens is 272 g/mol. The predicted octanol–water partition coefficient (Wildman–Crippen LogP) is 0.754. The second kappa shape index (κ2) is 4.49. The summed E-state index contributed by atoms with van der Waals surface area (Å²) in [5, 5.41) is 0.0908. The fraction of sp³-hybridized carbons (Fsp3) is 0.500. The van der Waals surface area contributed by atoms with E-state index in [-0.39, 0.29) is 19.0 Å². The number of hydrogen-bond donors (Lipinski definition) is 2. The molecule has 0 aromatic heterocycles. The van der Waals surface area contributed by atoms with Crippen molar-refractivity contribution in [2.75, 3.05) is 19.3 Å². The number of rotatable bonds is 4. The molecule has 1 aromatic carbocycles. The van der Waals surface area contributed by atoms with Gasteiger partial charge in [-0.1, -0.05) is 23.7 Å². The number of benzene rings is 1. The van der Waals surface area contributed by atoms with Gasteiger partial charge in [0.25, 0.3) is 0 Å². The molecule has 4 nitrogen and oxygen atoms in total. The SMILES string of the molecule is CS(=O)(=O)[C@@H]1[C@H](c2cccc(Cl)c2)C1(CN)CN. The molecule has 6 heteroatoms. The minimum absolute atomic E-state index is 0.152. The third-order valence-corrected chi connectivity index (χ3v) is 5.71. The van der Waals surface area contributed by atoms with Crippen molar-refractivity contribution < 1.29 is 8.42 Å². The molecule has 1 aromatic rings. The number of hydrogen-bond acceptors (Lipinski definition) is 4. The van der Waals surface area contributed by atoms with Crippen molar-refractivity contribution in [3.05, 3.63) is 34.9 Å². The van der Waals surface area contributed by atoms with Crippen molar-refractivity contribution in [3.63, 3.8) is 0 Å². The summed E-state index contributed by atoms with van der Waals surface area (Å²) in [7, 11) is -3.17. The maximum atomic E-state index is 11.9.